The van der Waals surface area contributed by atoms with Crippen molar-refractivity contribution >= 4 is 27.5 Å². The molecular formula is C21H25NO3S2. The Kier molecular flexibility index (Phi) is 6.60. The first kappa shape index (κ1) is 20.0. The summed E-state index contributed by atoms with van der Waals surface area (Å²) in [7, 11) is -3.18. The van der Waals surface area contributed by atoms with E-state index in [-0.39, 0.29) is 17.4 Å². The van der Waals surface area contributed by atoms with Crippen molar-refractivity contribution in [3.8, 4) is 0 Å². The lowest BCUT2D eigenvalue weighted by molar-refractivity contribution is 0.0698. The predicted molar refractivity (Wildman–Crippen MR) is 111 cm³/mol. The lowest BCUT2D eigenvalue weighted by atomic mass is 10.1. The van der Waals surface area contributed by atoms with E-state index >= 15 is 0 Å². The molecule has 0 bridgehead atoms. The van der Waals surface area contributed by atoms with Gasteiger partial charge in [0.25, 0.3) is 5.91 Å². The molecule has 144 valence electrons. The molecule has 1 aliphatic heterocycles. The average molecular weight is 404 g/mol. The van der Waals surface area contributed by atoms with Gasteiger partial charge >= 0.3 is 0 Å². The molecule has 1 unspecified atom stereocenters. The van der Waals surface area contributed by atoms with Crippen molar-refractivity contribution in [1.82, 2.24) is 4.90 Å². The second kappa shape index (κ2) is 8.93. The van der Waals surface area contributed by atoms with E-state index in [0.29, 0.717) is 18.5 Å². The Morgan fingerprint density at radius 2 is 1.81 bits per heavy atom. The van der Waals surface area contributed by atoms with E-state index in [4.69, 9.17) is 0 Å². The van der Waals surface area contributed by atoms with Crippen molar-refractivity contribution in [2.24, 2.45) is 0 Å². The third-order valence-electron chi connectivity index (χ3n) is 4.66. The van der Waals surface area contributed by atoms with Crippen molar-refractivity contribution < 1.29 is 13.2 Å². The summed E-state index contributed by atoms with van der Waals surface area (Å²) < 4.78 is 24.7. The zero-order valence-corrected chi connectivity index (χ0v) is 17.1. The maximum absolute atomic E-state index is 13.2. The summed E-state index contributed by atoms with van der Waals surface area (Å²) in [6, 6.07) is 16.7. The lowest BCUT2D eigenvalue weighted by Crippen LogP contribution is -2.37. The summed E-state index contributed by atoms with van der Waals surface area (Å²) in [6.07, 6.45) is 1.58. The molecule has 1 atom stereocenters. The number of thioether (sulfide) groups is 1. The summed E-state index contributed by atoms with van der Waals surface area (Å²) in [4.78, 5) is 16.1. The zero-order chi connectivity index (χ0) is 19.3. The highest BCUT2D eigenvalue weighted by Crippen LogP contribution is 2.28. The number of sulfone groups is 1. The highest BCUT2D eigenvalue weighted by atomic mass is 32.2. The van der Waals surface area contributed by atoms with Gasteiger partial charge in [0, 0.05) is 17.0 Å². The van der Waals surface area contributed by atoms with Gasteiger partial charge in [-0.2, -0.15) is 0 Å². The number of carbonyl (C=O) groups is 1. The maximum atomic E-state index is 13.2. The summed E-state index contributed by atoms with van der Waals surface area (Å²) in [6.45, 7) is 2.59. The Morgan fingerprint density at radius 3 is 2.48 bits per heavy atom. The van der Waals surface area contributed by atoms with Crippen LogP contribution in [-0.4, -0.2) is 43.0 Å². The maximum Gasteiger partial charge on any atom is 0.254 e. The largest absolute Gasteiger partial charge is 0.331 e. The fraction of sp³-hybridized carbons (Fsp3) is 0.381. The van der Waals surface area contributed by atoms with E-state index in [2.05, 4.69) is 6.92 Å². The van der Waals surface area contributed by atoms with Gasteiger partial charge in [0.15, 0.2) is 9.84 Å². The molecule has 0 spiro atoms. The van der Waals surface area contributed by atoms with Gasteiger partial charge in [0.2, 0.25) is 0 Å². The van der Waals surface area contributed by atoms with Crippen LogP contribution in [0.15, 0.2) is 59.5 Å². The first-order valence-electron chi connectivity index (χ1n) is 9.29. The summed E-state index contributed by atoms with van der Waals surface area (Å²) in [5.74, 6) is 1.06. The highest BCUT2D eigenvalue weighted by Gasteiger charge is 2.33. The molecule has 2 aromatic rings. The molecule has 4 nitrogen and oxygen atoms in total. The van der Waals surface area contributed by atoms with Crippen LogP contribution in [0, 0.1) is 0 Å². The lowest BCUT2D eigenvalue weighted by Gasteiger charge is -2.30. The van der Waals surface area contributed by atoms with Crippen LogP contribution in [0.3, 0.4) is 0 Å². The Bertz CT molecular complexity index is 864. The number of hydrogen-bond acceptors (Lipinski definition) is 4. The minimum Gasteiger partial charge on any atom is -0.331 e. The van der Waals surface area contributed by atoms with Gasteiger partial charge in [-0.3, -0.25) is 4.79 Å². The predicted octanol–water partition coefficient (Wildman–Crippen LogP) is 4.19. The van der Waals surface area contributed by atoms with E-state index in [1.54, 1.807) is 16.7 Å². The fourth-order valence-corrected chi connectivity index (χ4v) is 5.66. The van der Waals surface area contributed by atoms with Crippen LogP contribution < -0.4 is 0 Å². The smallest absolute Gasteiger partial charge is 0.254 e. The monoisotopic (exact) mass is 403 g/mol. The Hall–Kier alpha value is -1.79. The summed E-state index contributed by atoms with van der Waals surface area (Å²) in [5.41, 5.74) is 1.47. The van der Waals surface area contributed by atoms with Crippen LogP contribution >= 0.6 is 11.8 Å². The van der Waals surface area contributed by atoms with E-state index in [1.807, 2.05) is 54.6 Å². The molecule has 6 heteroatoms. The Labute approximate surface area is 165 Å². The molecule has 2 aromatic carbocycles. The van der Waals surface area contributed by atoms with Gasteiger partial charge in [-0.1, -0.05) is 37.3 Å². The number of rotatable bonds is 5. The number of nitrogens with zero attached hydrogens (tertiary/aromatic N) is 1. The van der Waals surface area contributed by atoms with Gasteiger partial charge in [-0.05, 0) is 48.4 Å². The van der Waals surface area contributed by atoms with Crippen LogP contribution in [0.25, 0.3) is 0 Å². The van der Waals surface area contributed by atoms with Crippen LogP contribution in [-0.2, 0) is 9.84 Å². The minimum absolute atomic E-state index is 0.0206. The third-order valence-corrected chi connectivity index (χ3v) is 7.61. The van der Waals surface area contributed by atoms with Crippen LogP contribution in [0.5, 0.6) is 0 Å². The van der Waals surface area contributed by atoms with Crippen LogP contribution in [0.4, 0.5) is 0 Å². The Balaban J connectivity index is 1.88. The van der Waals surface area contributed by atoms with E-state index < -0.39 is 15.9 Å². The molecule has 3 rings (SSSR count). The number of amides is 1. The van der Waals surface area contributed by atoms with Crippen molar-refractivity contribution in [2.75, 3.05) is 23.8 Å². The molecule has 0 radical (unpaired) electrons. The van der Waals surface area contributed by atoms with Crippen LogP contribution in [0.2, 0.25) is 0 Å². The van der Waals surface area contributed by atoms with Gasteiger partial charge in [0.1, 0.15) is 0 Å². The summed E-state index contributed by atoms with van der Waals surface area (Å²) in [5, 5.41) is 0. The van der Waals surface area contributed by atoms with Crippen LogP contribution in [0.1, 0.15) is 41.7 Å². The van der Waals surface area contributed by atoms with Crippen molar-refractivity contribution in [3.63, 3.8) is 0 Å². The van der Waals surface area contributed by atoms with E-state index in [1.165, 1.54) is 0 Å². The quantitative estimate of drug-likeness (QED) is 0.703. The van der Waals surface area contributed by atoms with Crippen molar-refractivity contribution in [1.29, 1.82) is 0 Å². The molecule has 0 aromatic heterocycles. The van der Waals surface area contributed by atoms with Gasteiger partial charge in [-0.25, -0.2) is 8.42 Å². The number of benzene rings is 2. The van der Waals surface area contributed by atoms with Gasteiger partial charge < -0.3 is 4.90 Å². The molecule has 1 saturated heterocycles. The van der Waals surface area contributed by atoms with E-state index in [0.717, 1.165) is 22.6 Å². The van der Waals surface area contributed by atoms with Gasteiger partial charge in [-0.15, -0.1) is 11.8 Å². The molecule has 1 aliphatic rings. The zero-order valence-electron chi connectivity index (χ0n) is 15.5. The topological polar surface area (TPSA) is 54.5 Å². The van der Waals surface area contributed by atoms with E-state index in [9.17, 15) is 13.2 Å². The van der Waals surface area contributed by atoms with Crippen molar-refractivity contribution in [3.05, 3.63) is 65.7 Å². The average Bonchev–Trinajstić information content (AvgIpc) is 2.85. The highest BCUT2D eigenvalue weighted by molar-refractivity contribution is 7.99. The second-order valence-corrected chi connectivity index (χ2v) is 10.2. The fourth-order valence-electron chi connectivity index (χ4n) is 3.30. The number of carbonyl (C=O) groups excluding carboxylic acids is 1. The third kappa shape index (κ3) is 5.14. The first-order chi connectivity index (χ1) is 13.0. The molecular weight excluding hydrogens is 378 g/mol. The molecule has 1 heterocycles. The SMILES string of the molecule is CCCSc1ccc(C(=O)N2CCCS(=O)(=O)CC2c2ccccc2)cc1. The molecule has 1 amide bonds. The number of hydrogen-bond donors (Lipinski definition) is 0. The Morgan fingerprint density at radius 1 is 1.11 bits per heavy atom. The molecule has 0 saturated carbocycles. The van der Waals surface area contributed by atoms with Gasteiger partial charge in [0.05, 0.1) is 17.5 Å². The molecule has 1 fully saturated rings. The van der Waals surface area contributed by atoms with Crippen molar-refractivity contribution in [2.45, 2.75) is 30.7 Å². The molecule has 27 heavy (non-hydrogen) atoms. The standard InChI is InChI=1S/C21H25NO3S2/c1-2-14-26-19-11-9-18(10-12-19)21(23)22-13-6-15-27(24,25)16-20(22)17-7-4-3-5-8-17/h3-5,7-12,20H,2,6,13-16H2,1H3. The molecule has 0 N–H and O–H groups in total. The second-order valence-electron chi connectivity index (χ2n) is 6.77. The normalized spacial score (nSPS) is 19.4. The first-order valence-corrected chi connectivity index (χ1v) is 12.1. The summed E-state index contributed by atoms with van der Waals surface area (Å²) >= 11 is 1.77. The molecule has 0 aliphatic carbocycles. The minimum atomic E-state index is -3.18.